The summed E-state index contributed by atoms with van der Waals surface area (Å²) >= 11 is 0. The molecule has 0 aliphatic heterocycles. The van der Waals surface area contributed by atoms with Crippen LogP contribution in [0, 0.1) is 23.7 Å². The van der Waals surface area contributed by atoms with Crippen LogP contribution in [-0.2, 0) is 4.74 Å². The largest absolute Gasteiger partial charge is 0.378 e. The highest BCUT2D eigenvalue weighted by Gasteiger charge is 2.26. The minimum Gasteiger partial charge on any atom is -0.378 e. The molecular formula is C20H36O. The van der Waals surface area contributed by atoms with E-state index in [1.165, 1.54) is 83.5 Å². The molecule has 0 amide bonds. The van der Waals surface area contributed by atoms with Gasteiger partial charge >= 0.3 is 0 Å². The van der Waals surface area contributed by atoms with Gasteiger partial charge in [0.15, 0.2) is 0 Å². The Balaban J connectivity index is 1.30. The van der Waals surface area contributed by atoms with Crippen LogP contribution < -0.4 is 0 Å². The maximum absolute atomic E-state index is 6.29. The minimum atomic E-state index is 0.599. The molecule has 3 rings (SSSR count). The van der Waals surface area contributed by atoms with Crippen molar-refractivity contribution in [3.8, 4) is 0 Å². The van der Waals surface area contributed by atoms with E-state index < -0.39 is 0 Å². The van der Waals surface area contributed by atoms with Gasteiger partial charge in [-0.2, -0.15) is 0 Å². The predicted octanol–water partition coefficient (Wildman–Crippen LogP) is 5.97. The van der Waals surface area contributed by atoms with Crippen molar-refractivity contribution in [2.24, 2.45) is 23.7 Å². The summed E-state index contributed by atoms with van der Waals surface area (Å²) in [6.07, 6.45) is 19.5. The molecule has 2 atom stereocenters. The molecule has 0 aromatic carbocycles. The topological polar surface area (TPSA) is 9.23 Å². The molecule has 3 saturated carbocycles. The normalized spacial score (nSPS) is 38.7. The lowest BCUT2D eigenvalue weighted by Crippen LogP contribution is -2.26. The Morgan fingerprint density at radius 2 is 1.38 bits per heavy atom. The standard InChI is InChI=1S/C20H36O/c1-16-5-4-8-19(13-16)15-21-20-11-9-18(10-12-20)14-17-6-2-3-7-17/h16-20H,2-15H2,1H3/t16-,18?,19?,20?/m0/s1. The second-order valence-corrected chi connectivity index (χ2v) is 8.50. The van der Waals surface area contributed by atoms with Crippen LogP contribution >= 0.6 is 0 Å². The van der Waals surface area contributed by atoms with E-state index in [2.05, 4.69) is 6.92 Å². The van der Waals surface area contributed by atoms with Crippen molar-refractivity contribution in [2.45, 2.75) is 96.5 Å². The molecule has 1 heteroatoms. The highest BCUT2D eigenvalue weighted by molar-refractivity contribution is 4.78. The van der Waals surface area contributed by atoms with Gasteiger partial charge < -0.3 is 4.74 Å². The quantitative estimate of drug-likeness (QED) is 0.606. The summed E-state index contributed by atoms with van der Waals surface area (Å²) in [6.45, 7) is 3.47. The Morgan fingerprint density at radius 3 is 2.10 bits per heavy atom. The van der Waals surface area contributed by atoms with Crippen LogP contribution in [0.2, 0.25) is 0 Å². The molecule has 21 heavy (non-hydrogen) atoms. The van der Waals surface area contributed by atoms with Gasteiger partial charge in [-0.15, -0.1) is 0 Å². The van der Waals surface area contributed by atoms with Gasteiger partial charge in [0.25, 0.3) is 0 Å². The molecule has 0 aromatic rings. The molecule has 0 bridgehead atoms. The summed E-state index contributed by atoms with van der Waals surface area (Å²) in [4.78, 5) is 0. The Morgan fingerprint density at radius 1 is 0.714 bits per heavy atom. The van der Waals surface area contributed by atoms with Crippen LogP contribution in [0.5, 0.6) is 0 Å². The molecule has 3 aliphatic carbocycles. The molecule has 0 saturated heterocycles. The first-order valence-electron chi connectivity index (χ1n) is 9.91. The summed E-state index contributed by atoms with van der Waals surface area (Å²) in [5, 5.41) is 0. The number of ether oxygens (including phenoxy) is 1. The van der Waals surface area contributed by atoms with Gasteiger partial charge in [-0.1, -0.05) is 45.4 Å². The minimum absolute atomic E-state index is 0.599. The summed E-state index contributed by atoms with van der Waals surface area (Å²) in [5.74, 6) is 3.92. The smallest absolute Gasteiger partial charge is 0.0575 e. The molecule has 0 heterocycles. The molecule has 1 nitrogen and oxygen atoms in total. The van der Waals surface area contributed by atoms with Crippen molar-refractivity contribution in [1.82, 2.24) is 0 Å². The lowest BCUT2D eigenvalue weighted by Gasteiger charge is -2.32. The second-order valence-electron chi connectivity index (χ2n) is 8.50. The van der Waals surface area contributed by atoms with Crippen molar-refractivity contribution in [3.05, 3.63) is 0 Å². The van der Waals surface area contributed by atoms with Gasteiger partial charge in [0, 0.05) is 6.61 Å². The lowest BCUT2D eigenvalue weighted by molar-refractivity contribution is -0.0119. The molecule has 0 aromatic heterocycles. The highest BCUT2D eigenvalue weighted by atomic mass is 16.5. The Hall–Kier alpha value is -0.0400. The first-order valence-corrected chi connectivity index (χ1v) is 9.91. The van der Waals surface area contributed by atoms with E-state index in [1.807, 2.05) is 0 Å². The molecule has 0 N–H and O–H groups in total. The molecule has 0 spiro atoms. The van der Waals surface area contributed by atoms with Crippen LogP contribution in [0.1, 0.15) is 90.4 Å². The molecule has 1 unspecified atom stereocenters. The van der Waals surface area contributed by atoms with E-state index in [9.17, 15) is 0 Å². The van der Waals surface area contributed by atoms with Crippen LogP contribution in [0.3, 0.4) is 0 Å². The summed E-state index contributed by atoms with van der Waals surface area (Å²) in [5.41, 5.74) is 0. The van der Waals surface area contributed by atoms with E-state index in [0.717, 1.165) is 30.3 Å². The lowest BCUT2D eigenvalue weighted by atomic mass is 9.81. The Bertz CT molecular complexity index is 286. The zero-order chi connectivity index (χ0) is 14.5. The van der Waals surface area contributed by atoms with E-state index in [1.54, 1.807) is 0 Å². The summed E-state index contributed by atoms with van der Waals surface area (Å²) in [7, 11) is 0. The highest BCUT2D eigenvalue weighted by Crippen LogP contribution is 2.37. The molecular weight excluding hydrogens is 256 g/mol. The fourth-order valence-electron chi connectivity index (χ4n) is 5.23. The van der Waals surface area contributed by atoms with Gasteiger partial charge in [-0.05, 0) is 68.6 Å². The zero-order valence-corrected chi connectivity index (χ0v) is 14.2. The first kappa shape index (κ1) is 15.8. The maximum atomic E-state index is 6.29. The Kier molecular flexibility index (Phi) is 6.03. The summed E-state index contributed by atoms with van der Waals surface area (Å²) < 4.78 is 6.29. The van der Waals surface area contributed by atoms with E-state index >= 15 is 0 Å². The van der Waals surface area contributed by atoms with Crippen molar-refractivity contribution in [3.63, 3.8) is 0 Å². The average Bonchev–Trinajstić information content (AvgIpc) is 3.00. The average molecular weight is 293 g/mol. The number of hydrogen-bond acceptors (Lipinski definition) is 1. The molecule has 0 radical (unpaired) electrons. The fourth-order valence-corrected chi connectivity index (χ4v) is 5.23. The number of hydrogen-bond donors (Lipinski definition) is 0. The predicted molar refractivity (Wildman–Crippen MR) is 89.4 cm³/mol. The summed E-state index contributed by atoms with van der Waals surface area (Å²) in [6, 6.07) is 0. The van der Waals surface area contributed by atoms with E-state index in [4.69, 9.17) is 4.74 Å². The SMILES string of the molecule is C[C@H]1CCCC(COC2CCC(CC3CCCC3)CC2)C1. The van der Waals surface area contributed by atoms with Crippen LogP contribution in [0.25, 0.3) is 0 Å². The third-order valence-corrected chi connectivity index (χ3v) is 6.55. The van der Waals surface area contributed by atoms with Crippen LogP contribution in [0.15, 0.2) is 0 Å². The number of rotatable bonds is 5. The van der Waals surface area contributed by atoms with Crippen LogP contribution in [-0.4, -0.2) is 12.7 Å². The molecule has 3 fully saturated rings. The zero-order valence-electron chi connectivity index (χ0n) is 14.2. The van der Waals surface area contributed by atoms with Gasteiger partial charge in [-0.3, -0.25) is 0 Å². The third kappa shape index (κ3) is 4.98. The monoisotopic (exact) mass is 292 g/mol. The third-order valence-electron chi connectivity index (χ3n) is 6.55. The molecule has 122 valence electrons. The fraction of sp³-hybridized carbons (Fsp3) is 1.00. The van der Waals surface area contributed by atoms with Crippen molar-refractivity contribution in [1.29, 1.82) is 0 Å². The first-order chi connectivity index (χ1) is 10.3. The van der Waals surface area contributed by atoms with Gasteiger partial charge in [-0.25, -0.2) is 0 Å². The van der Waals surface area contributed by atoms with Gasteiger partial charge in [0.1, 0.15) is 0 Å². The van der Waals surface area contributed by atoms with Crippen molar-refractivity contribution >= 4 is 0 Å². The Labute approximate surface area is 132 Å². The molecule has 3 aliphatic rings. The van der Waals surface area contributed by atoms with Crippen LogP contribution in [0.4, 0.5) is 0 Å². The second kappa shape index (κ2) is 7.99. The van der Waals surface area contributed by atoms with Crippen molar-refractivity contribution < 1.29 is 4.74 Å². The van der Waals surface area contributed by atoms with Crippen molar-refractivity contribution in [2.75, 3.05) is 6.61 Å². The van der Waals surface area contributed by atoms with E-state index in [-0.39, 0.29) is 0 Å². The van der Waals surface area contributed by atoms with E-state index in [0.29, 0.717) is 6.10 Å². The van der Waals surface area contributed by atoms with Gasteiger partial charge in [0.05, 0.1) is 6.10 Å². The van der Waals surface area contributed by atoms with Gasteiger partial charge in [0.2, 0.25) is 0 Å². The maximum Gasteiger partial charge on any atom is 0.0575 e.